The molecule has 1 rings (SSSR count). The maximum absolute atomic E-state index is 5.49. The minimum Gasteiger partial charge on any atom is -0.377 e. The van der Waals surface area contributed by atoms with Crippen molar-refractivity contribution < 1.29 is 4.74 Å². The Morgan fingerprint density at radius 1 is 1.27 bits per heavy atom. The second-order valence-corrected chi connectivity index (χ2v) is 3.71. The molecule has 1 atom stereocenters. The van der Waals surface area contributed by atoms with Gasteiger partial charge in [-0.2, -0.15) is 0 Å². The van der Waals surface area contributed by atoms with Crippen LogP contribution in [0.3, 0.4) is 0 Å². The molecule has 82 valence electrons. The molecule has 0 heterocycles. The van der Waals surface area contributed by atoms with E-state index in [-0.39, 0.29) is 6.10 Å². The van der Waals surface area contributed by atoms with E-state index in [2.05, 4.69) is 30.8 Å². The van der Waals surface area contributed by atoms with Gasteiger partial charge in [-0.3, -0.25) is 0 Å². The van der Waals surface area contributed by atoms with Crippen LogP contribution in [0.5, 0.6) is 0 Å². The van der Waals surface area contributed by atoms with Gasteiger partial charge in [0.1, 0.15) is 0 Å². The lowest BCUT2D eigenvalue weighted by molar-refractivity contribution is 0.0933. The van der Waals surface area contributed by atoms with Crippen LogP contribution in [0.2, 0.25) is 0 Å². The lowest BCUT2D eigenvalue weighted by atomic mass is 10.0. The summed E-state index contributed by atoms with van der Waals surface area (Å²) in [7, 11) is 1.78. The van der Waals surface area contributed by atoms with Crippen molar-refractivity contribution in [2.45, 2.75) is 31.8 Å². The highest BCUT2D eigenvalue weighted by atomic mass is 16.5. The van der Waals surface area contributed by atoms with Gasteiger partial charge in [-0.05, 0) is 24.8 Å². The maximum atomic E-state index is 5.49. The van der Waals surface area contributed by atoms with Gasteiger partial charge < -0.3 is 4.74 Å². The average molecular weight is 204 g/mol. The quantitative estimate of drug-likeness (QED) is 0.479. The molecule has 0 aliphatic carbocycles. The highest BCUT2D eigenvalue weighted by Crippen LogP contribution is 2.22. The molecular formula is C14H20O. The number of hydrogen-bond donors (Lipinski definition) is 0. The van der Waals surface area contributed by atoms with Crippen LogP contribution < -0.4 is 0 Å². The third-order valence-electron chi connectivity index (χ3n) is 2.58. The maximum Gasteiger partial charge on any atom is 0.0821 e. The van der Waals surface area contributed by atoms with Crippen molar-refractivity contribution in [1.82, 2.24) is 0 Å². The van der Waals surface area contributed by atoms with E-state index in [1.165, 1.54) is 18.4 Å². The van der Waals surface area contributed by atoms with Gasteiger partial charge >= 0.3 is 0 Å². The summed E-state index contributed by atoms with van der Waals surface area (Å²) in [5.74, 6) is 0. The SMILES string of the molecule is C=CCCCCC(OC)c1ccccc1. The summed E-state index contributed by atoms with van der Waals surface area (Å²) in [6.45, 7) is 3.72. The molecule has 0 radical (unpaired) electrons. The summed E-state index contributed by atoms with van der Waals surface area (Å²) >= 11 is 0. The molecule has 0 saturated carbocycles. The first-order valence-electron chi connectivity index (χ1n) is 5.57. The zero-order valence-corrected chi connectivity index (χ0v) is 9.49. The fourth-order valence-electron chi connectivity index (χ4n) is 1.71. The van der Waals surface area contributed by atoms with Crippen LogP contribution in [0.15, 0.2) is 43.0 Å². The summed E-state index contributed by atoms with van der Waals surface area (Å²) in [6.07, 6.45) is 6.82. The molecule has 0 saturated heterocycles. The van der Waals surface area contributed by atoms with Crippen molar-refractivity contribution in [1.29, 1.82) is 0 Å². The summed E-state index contributed by atoms with van der Waals surface area (Å²) < 4.78 is 5.49. The van der Waals surface area contributed by atoms with Crippen LogP contribution in [0.4, 0.5) is 0 Å². The van der Waals surface area contributed by atoms with E-state index < -0.39 is 0 Å². The van der Waals surface area contributed by atoms with Crippen LogP contribution >= 0.6 is 0 Å². The Morgan fingerprint density at radius 3 is 2.60 bits per heavy atom. The van der Waals surface area contributed by atoms with Crippen molar-refractivity contribution in [3.63, 3.8) is 0 Å². The first-order chi connectivity index (χ1) is 7.38. The first-order valence-corrected chi connectivity index (χ1v) is 5.57. The molecule has 1 aromatic rings. The lowest BCUT2D eigenvalue weighted by Crippen LogP contribution is -2.00. The number of rotatable bonds is 7. The van der Waals surface area contributed by atoms with Crippen molar-refractivity contribution in [2.24, 2.45) is 0 Å². The second kappa shape index (κ2) is 7.24. The van der Waals surface area contributed by atoms with E-state index in [9.17, 15) is 0 Å². The molecule has 0 aromatic heterocycles. The van der Waals surface area contributed by atoms with Gasteiger partial charge in [-0.15, -0.1) is 6.58 Å². The molecule has 0 bridgehead atoms. The Labute approximate surface area is 92.8 Å². The van der Waals surface area contributed by atoms with Gasteiger partial charge in [-0.25, -0.2) is 0 Å². The van der Waals surface area contributed by atoms with Crippen molar-refractivity contribution in [2.75, 3.05) is 7.11 Å². The fraction of sp³-hybridized carbons (Fsp3) is 0.429. The monoisotopic (exact) mass is 204 g/mol. The number of hydrogen-bond acceptors (Lipinski definition) is 1. The lowest BCUT2D eigenvalue weighted by Gasteiger charge is -2.15. The van der Waals surface area contributed by atoms with E-state index in [0.717, 1.165) is 12.8 Å². The fourth-order valence-corrected chi connectivity index (χ4v) is 1.71. The third kappa shape index (κ3) is 4.30. The predicted molar refractivity (Wildman–Crippen MR) is 64.9 cm³/mol. The number of unbranched alkanes of at least 4 members (excludes halogenated alkanes) is 2. The molecule has 15 heavy (non-hydrogen) atoms. The molecule has 0 amide bonds. The van der Waals surface area contributed by atoms with Crippen molar-refractivity contribution in [3.8, 4) is 0 Å². The number of methoxy groups -OCH3 is 1. The molecule has 0 N–H and O–H groups in total. The zero-order chi connectivity index (χ0) is 10.9. The molecule has 1 unspecified atom stereocenters. The molecule has 1 aromatic carbocycles. The van der Waals surface area contributed by atoms with Crippen LogP contribution in [-0.4, -0.2) is 7.11 Å². The predicted octanol–water partition coefficient (Wildman–Crippen LogP) is 4.12. The van der Waals surface area contributed by atoms with Crippen molar-refractivity contribution >= 4 is 0 Å². The van der Waals surface area contributed by atoms with Gasteiger partial charge in [0, 0.05) is 7.11 Å². The smallest absolute Gasteiger partial charge is 0.0821 e. The Balaban J connectivity index is 2.39. The van der Waals surface area contributed by atoms with Crippen molar-refractivity contribution in [3.05, 3.63) is 48.6 Å². The topological polar surface area (TPSA) is 9.23 Å². The summed E-state index contributed by atoms with van der Waals surface area (Å²) in [4.78, 5) is 0. The van der Waals surface area contributed by atoms with E-state index in [1.807, 2.05) is 12.1 Å². The minimum absolute atomic E-state index is 0.246. The molecule has 1 nitrogen and oxygen atoms in total. The van der Waals surface area contributed by atoms with E-state index in [0.29, 0.717) is 0 Å². The van der Waals surface area contributed by atoms with Crippen LogP contribution in [-0.2, 0) is 4.74 Å². The van der Waals surface area contributed by atoms with E-state index in [1.54, 1.807) is 7.11 Å². The highest BCUT2D eigenvalue weighted by Gasteiger charge is 2.08. The average Bonchev–Trinajstić information content (AvgIpc) is 2.30. The first kappa shape index (κ1) is 12.0. The van der Waals surface area contributed by atoms with E-state index in [4.69, 9.17) is 4.74 Å². The summed E-state index contributed by atoms with van der Waals surface area (Å²) in [6, 6.07) is 10.4. The van der Waals surface area contributed by atoms with Gasteiger partial charge in [0.15, 0.2) is 0 Å². The van der Waals surface area contributed by atoms with Crippen LogP contribution in [0, 0.1) is 0 Å². The Kier molecular flexibility index (Phi) is 5.79. The highest BCUT2D eigenvalue weighted by molar-refractivity contribution is 5.17. The number of ether oxygens (including phenoxy) is 1. The van der Waals surface area contributed by atoms with E-state index >= 15 is 0 Å². The standard InChI is InChI=1S/C14H20O/c1-3-4-5-9-12-14(15-2)13-10-7-6-8-11-13/h3,6-8,10-11,14H,1,4-5,9,12H2,2H3. The summed E-state index contributed by atoms with van der Waals surface area (Å²) in [5, 5.41) is 0. The second-order valence-electron chi connectivity index (χ2n) is 3.71. The Morgan fingerprint density at radius 2 is 2.00 bits per heavy atom. The Bertz CT molecular complexity index is 266. The molecule has 0 aliphatic heterocycles. The normalized spacial score (nSPS) is 12.3. The molecule has 0 fully saturated rings. The van der Waals surface area contributed by atoms with Crippen LogP contribution in [0.25, 0.3) is 0 Å². The zero-order valence-electron chi connectivity index (χ0n) is 9.49. The van der Waals surface area contributed by atoms with Gasteiger partial charge in [0.05, 0.1) is 6.10 Å². The molecule has 1 heteroatoms. The van der Waals surface area contributed by atoms with Gasteiger partial charge in [0.25, 0.3) is 0 Å². The third-order valence-corrected chi connectivity index (χ3v) is 2.58. The van der Waals surface area contributed by atoms with Gasteiger partial charge in [0.2, 0.25) is 0 Å². The Hall–Kier alpha value is -1.08. The summed E-state index contributed by atoms with van der Waals surface area (Å²) in [5.41, 5.74) is 1.28. The largest absolute Gasteiger partial charge is 0.377 e. The molecular weight excluding hydrogens is 184 g/mol. The number of benzene rings is 1. The van der Waals surface area contributed by atoms with Gasteiger partial charge in [-0.1, -0.05) is 42.8 Å². The number of allylic oxidation sites excluding steroid dienone is 1. The van der Waals surface area contributed by atoms with Crippen LogP contribution in [0.1, 0.15) is 37.4 Å². The molecule has 0 aliphatic rings. The molecule has 0 spiro atoms. The minimum atomic E-state index is 0.246.